The molecule has 0 atom stereocenters. The highest BCUT2D eigenvalue weighted by Crippen LogP contribution is 2.17. The number of hydrogen-bond donors (Lipinski definition) is 0. The van der Waals surface area contributed by atoms with E-state index in [9.17, 15) is 12.8 Å². The van der Waals surface area contributed by atoms with E-state index in [4.69, 9.17) is 14.7 Å². The van der Waals surface area contributed by atoms with Crippen LogP contribution in [0.25, 0.3) is 0 Å². The molecule has 0 radical (unpaired) electrons. The molecule has 0 bridgehead atoms. The molecule has 138 valence electrons. The summed E-state index contributed by atoms with van der Waals surface area (Å²) >= 11 is 0. The zero-order chi connectivity index (χ0) is 19.0. The van der Waals surface area contributed by atoms with E-state index in [0.717, 1.165) is 0 Å². The minimum Gasteiger partial charge on any atom is -0.492 e. The molecule has 0 amide bonds. The Balaban J connectivity index is 2.08. The van der Waals surface area contributed by atoms with Gasteiger partial charge in [0, 0.05) is 20.2 Å². The van der Waals surface area contributed by atoms with Crippen LogP contribution in [0.4, 0.5) is 4.39 Å². The number of rotatable bonds is 9. The molecule has 2 rings (SSSR count). The summed E-state index contributed by atoms with van der Waals surface area (Å²) in [6.45, 7) is 0.589. The van der Waals surface area contributed by atoms with E-state index in [0.29, 0.717) is 11.3 Å². The fourth-order valence-electron chi connectivity index (χ4n) is 2.19. The maximum Gasteiger partial charge on any atom is 0.243 e. The van der Waals surface area contributed by atoms with E-state index in [1.807, 2.05) is 6.07 Å². The molecule has 0 aliphatic rings. The number of sulfonamides is 1. The Morgan fingerprint density at radius 3 is 2.23 bits per heavy atom. The summed E-state index contributed by atoms with van der Waals surface area (Å²) in [7, 11) is -2.27. The molecular weight excluding hydrogens is 359 g/mol. The standard InChI is InChI=1S/C18H19FN2O4S/c1-24-12-10-21(11-13-25-17-6-4-16(19)5-7-17)26(22,23)18-8-2-15(14-20)3-9-18/h2-9H,10-13H2,1H3. The minimum absolute atomic E-state index is 0.0920. The van der Waals surface area contributed by atoms with Gasteiger partial charge in [0.25, 0.3) is 0 Å². The van der Waals surface area contributed by atoms with E-state index in [2.05, 4.69) is 0 Å². The molecule has 2 aromatic rings. The van der Waals surface area contributed by atoms with Gasteiger partial charge in [0.05, 0.1) is 23.1 Å². The van der Waals surface area contributed by atoms with Crippen LogP contribution < -0.4 is 4.74 Å². The number of ether oxygens (including phenoxy) is 2. The Hall–Kier alpha value is -2.47. The lowest BCUT2D eigenvalue weighted by Crippen LogP contribution is -2.37. The van der Waals surface area contributed by atoms with Crippen LogP contribution in [0.3, 0.4) is 0 Å². The summed E-state index contributed by atoms with van der Waals surface area (Å²) in [6.07, 6.45) is 0. The van der Waals surface area contributed by atoms with Gasteiger partial charge in [-0.05, 0) is 48.5 Å². The van der Waals surface area contributed by atoms with Crippen LogP contribution in [-0.2, 0) is 14.8 Å². The SMILES string of the molecule is COCCN(CCOc1ccc(F)cc1)S(=O)(=O)c1ccc(C#N)cc1. The second kappa shape index (κ2) is 9.29. The van der Waals surface area contributed by atoms with Crippen molar-refractivity contribution in [2.45, 2.75) is 4.90 Å². The molecular formula is C18H19FN2O4S. The summed E-state index contributed by atoms with van der Waals surface area (Å²) < 4.78 is 50.2. The summed E-state index contributed by atoms with van der Waals surface area (Å²) in [5.41, 5.74) is 0.382. The lowest BCUT2D eigenvalue weighted by molar-refractivity contribution is 0.171. The van der Waals surface area contributed by atoms with Crippen molar-refractivity contribution in [3.63, 3.8) is 0 Å². The summed E-state index contributed by atoms with van der Waals surface area (Å²) in [5.74, 6) is 0.0799. The Morgan fingerprint density at radius 2 is 1.65 bits per heavy atom. The molecule has 0 fully saturated rings. The topological polar surface area (TPSA) is 79.6 Å². The van der Waals surface area contributed by atoms with Crippen molar-refractivity contribution >= 4 is 10.0 Å². The predicted octanol–water partition coefficient (Wildman–Crippen LogP) is 2.41. The Kier molecular flexibility index (Phi) is 7.09. The Morgan fingerprint density at radius 1 is 1.04 bits per heavy atom. The second-order valence-electron chi connectivity index (χ2n) is 5.34. The third-order valence-corrected chi connectivity index (χ3v) is 5.50. The first-order valence-electron chi connectivity index (χ1n) is 7.85. The van der Waals surface area contributed by atoms with Gasteiger partial charge in [0.15, 0.2) is 0 Å². The van der Waals surface area contributed by atoms with Gasteiger partial charge in [-0.1, -0.05) is 0 Å². The predicted molar refractivity (Wildman–Crippen MR) is 93.7 cm³/mol. The van der Waals surface area contributed by atoms with E-state index >= 15 is 0 Å². The van der Waals surface area contributed by atoms with E-state index in [-0.39, 0.29) is 37.0 Å². The first-order chi connectivity index (χ1) is 12.5. The normalized spacial score (nSPS) is 11.3. The van der Waals surface area contributed by atoms with Gasteiger partial charge in [-0.25, -0.2) is 12.8 Å². The monoisotopic (exact) mass is 378 g/mol. The third kappa shape index (κ3) is 5.26. The average Bonchev–Trinajstić information content (AvgIpc) is 2.65. The highest BCUT2D eigenvalue weighted by Gasteiger charge is 2.24. The van der Waals surface area contributed by atoms with Gasteiger partial charge in [0.2, 0.25) is 10.0 Å². The van der Waals surface area contributed by atoms with Crippen molar-refractivity contribution in [2.75, 3.05) is 33.4 Å². The number of nitrogens with zero attached hydrogens (tertiary/aromatic N) is 2. The molecule has 0 aromatic heterocycles. The first-order valence-corrected chi connectivity index (χ1v) is 9.29. The lowest BCUT2D eigenvalue weighted by atomic mass is 10.2. The van der Waals surface area contributed by atoms with Crippen LogP contribution in [0.5, 0.6) is 5.75 Å². The summed E-state index contributed by atoms with van der Waals surface area (Å²) in [5, 5.41) is 8.83. The minimum atomic E-state index is -3.76. The lowest BCUT2D eigenvalue weighted by Gasteiger charge is -2.22. The van der Waals surface area contributed by atoms with Gasteiger partial charge in [-0.15, -0.1) is 0 Å². The van der Waals surface area contributed by atoms with Crippen LogP contribution in [-0.4, -0.2) is 46.1 Å². The fourth-order valence-corrected chi connectivity index (χ4v) is 3.60. The van der Waals surface area contributed by atoms with Crippen molar-refractivity contribution in [1.29, 1.82) is 5.26 Å². The van der Waals surface area contributed by atoms with Crippen LogP contribution in [0, 0.1) is 17.1 Å². The molecule has 0 aliphatic carbocycles. The summed E-state index contributed by atoms with van der Waals surface area (Å²) in [6, 6.07) is 13.1. The van der Waals surface area contributed by atoms with Crippen molar-refractivity contribution < 1.29 is 22.3 Å². The van der Waals surface area contributed by atoms with Gasteiger partial charge in [-0.2, -0.15) is 9.57 Å². The molecule has 26 heavy (non-hydrogen) atoms. The van der Waals surface area contributed by atoms with Crippen molar-refractivity contribution in [2.24, 2.45) is 0 Å². The van der Waals surface area contributed by atoms with Gasteiger partial charge >= 0.3 is 0 Å². The average molecular weight is 378 g/mol. The molecule has 8 heteroatoms. The molecule has 0 saturated carbocycles. The Labute approximate surface area is 152 Å². The molecule has 0 N–H and O–H groups in total. The fraction of sp³-hybridized carbons (Fsp3) is 0.278. The van der Waals surface area contributed by atoms with Crippen LogP contribution >= 0.6 is 0 Å². The second-order valence-corrected chi connectivity index (χ2v) is 7.27. The van der Waals surface area contributed by atoms with E-state index < -0.39 is 10.0 Å². The molecule has 2 aromatic carbocycles. The van der Waals surface area contributed by atoms with Gasteiger partial charge < -0.3 is 9.47 Å². The first kappa shape index (κ1) is 19.8. The van der Waals surface area contributed by atoms with Gasteiger partial charge in [-0.3, -0.25) is 0 Å². The number of methoxy groups -OCH3 is 1. The largest absolute Gasteiger partial charge is 0.492 e. The number of nitriles is 1. The van der Waals surface area contributed by atoms with Crippen LogP contribution in [0.15, 0.2) is 53.4 Å². The molecule has 0 unspecified atom stereocenters. The van der Waals surface area contributed by atoms with E-state index in [1.54, 1.807) is 0 Å². The maximum absolute atomic E-state index is 12.9. The number of hydrogen-bond acceptors (Lipinski definition) is 5. The molecule has 0 heterocycles. The smallest absolute Gasteiger partial charge is 0.243 e. The zero-order valence-electron chi connectivity index (χ0n) is 14.3. The quantitative estimate of drug-likeness (QED) is 0.669. The maximum atomic E-state index is 12.9. The number of benzene rings is 2. The van der Waals surface area contributed by atoms with Crippen molar-refractivity contribution in [3.05, 3.63) is 59.9 Å². The summed E-state index contributed by atoms with van der Waals surface area (Å²) in [4.78, 5) is 0.0920. The molecule has 0 spiro atoms. The van der Waals surface area contributed by atoms with Crippen molar-refractivity contribution in [1.82, 2.24) is 4.31 Å². The Bertz CT molecular complexity index is 846. The molecule has 0 saturated heterocycles. The highest BCUT2D eigenvalue weighted by molar-refractivity contribution is 7.89. The third-order valence-electron chi connectivity index (χ3n) is 3.59. The van der Waals surface area contributed by atoms with E-state index in [1.165, 1.54) is 59.9 Å². The molecule has 6 nitrogen and oxygen atoms in total. The van der Waals surface area contributed by atoms with Gasteiger partial charge in [0.1, 0.15) is 18.2 Å². The van der Waals surface area contributed by atoms with Crippen molar-refractivity contribution in [3.8, 4) is 11.8 Å². The van der Waals surface area contributed by atoms with Crippen LogP contribution in [0.1, 0.15) is 5.56 Å². The zero-order valence-corrected chi connectivity index (χ0v) is 15.1. The molecule has 0 aliphatic heterocycles. The highest BCUT2D eigenvalue weighted by atomic mass is 32.2. The van der Waals surface area contributed by atoms with Crippen LogP contribution in [0.2, 0.25) is 0 Å². The number of halogens is 1.